The van der Waals surface area contributed by atoms with Crippen LogP contribution in [-0.4, -0.2) is 5.78 Å². The monoisotopic (exact) mass is 231 g/mol. The first-order valence-corrected chi connectivity index (χ1v) is 5.20. The Labute approximate surface area is 98.7 Å². The van der Waals surface area contributed by atoms with Gasteiger partial charge in [-0.2, -0.15) is 0 Å². The average Bonchev–Trinajstić information content (AvgIpc) is 2.29. The van der Waals surface area contributed by atoms with E-state index in [0.717, 1.165) is 0 Å². The van der Waals surface area contributed by atoms with Gasteiger partial charge in [0.05, 0.1) is 0 Å². The molecule has 0 fully saturated rings. The Morgan fingerprint density at radius 3 is 2.31 bits per heavy atom. The van der Waals surface area contributed by atoms with E-state index >= 15 is 0 Å². The third-order valence-corrected chi connectivity index (χ3v) is 2.49. The smallest absolute Gasteiger partial charge is 0.193 e. The summed E-state index contributed by atoms with van der Waals surface area (Å²) >= 11 is 5.83. The van der Waals surface area contributed by atoms with E-state index in [9.17, 15) is 4.79 Å². The van der Waals surface area contributed by atoms with Crippen molar-refractivity contribution in [3.8, 4) is 0 Å². The number of anilines is 1. The van der Waals surface area contributed by atoms with Gasteiger partial charge in [0.15, 0.2) is 5.78 Å². The van der Waals surface area contributed by atoms with Gasteiger partial charge < -0.3 is 5.73 Å². The van der Waals surface area contributed by atoms with Gasteiger partial charge in [0.2, 0.25) is 0 Å². The number of ketones is 1. The van der Waals surface area contributed by atoms with Crippen LogP contribution < -0.4 is 5.73 Å². The predicted octanol–water partition coefficient (Wildman–Crippen LogP) is 3.15. The minimum atomic E-state index is -0.0532. The lowest BCUT2D eigenvalue weighted by Gasteiger charge is -2.02. The molecule has 2 nitrogen and oxygen atoms in total. The number of halogens is 1. The summed E-state index contributed by atoms with van der Waals surface area (Å²) in [6.07, 6.45) is 0. The summed E-state index contributed by atoms with van der Waals surface area (Å²) in [7, 11) is 0. The Bertz CT molecular complexity index is 520. The van der Waals surface area contributed by atoms with Gasteiger partial charge in [-0.1, -0.05) is 23.7 Å². The van der Waals surface area contributed by atoms with Crippen molar-refractivity contribution in [3.63, 3.8) is 0 Å². The van der Waals surface area contributed by atoms with Crippen molar-refractivity contribution in [1.82, 2.24) is 0 Å². The van der Waals surface area contributed by atoms with E-state index in [2.05, 4.69) is 0 Å². The molecule has 0 aliphatic carbocycles. The molecule has 0 bridgehead atoms. The number of nitrogens with two attached hydrogens (primary N) is 1. The predicted molar refractivity (Wildman–Crippen MR) is 65.7 cm³/mol. The van der Waals surface area contributed by atoms with Crippen LogP contribution in [-0.2, 0) is 0 Å². The van der Waals surface area contributed by atoms with Crippen molar-refractivity contribution in [2.75, 3.05) is 5.73 Å². The fourth-order valence-corrected chi connectivity index (χ4v) is 1.62. The Morgan fingerprint density at radius 1 is 1.00 bits per heavy atom. The quantitative estimate of drug-likeness (QED) is 0.637. The van der Waals surface area contributed by atoms with Gasteiger partial charge in [-0.3, -0.25) is 4.79 Å². The fraction of sp³-hybridized carbons (Fsp3) is 0. The molecule has 0 saturated heterocycles. The van der Waals surface area contributed by atoms with E-state index in [0.29, 0.717) is 21.8 Å². The van der Waals surface area contributed by atoms with Gasteiger partial charge in [0.25, 0.3) is 0 Å². The fourth-order valence-electron chi connectivity index (χ4n) is 1.43. The third-order valence-electron chi connectivity index (χ3n) is 2.26. The first-order chi connectivity index (χ1) is 7.66. The molecule has 3 heteroatoms. The Hall–Kier alpha value is -1.80. The Morgan fingerprint density at radius 2 is 1.69 bits per heavy atom. The molecule has 0 amide bonds. The highest BCUT2D eigenvalue weighted by Gasteiger charge is 2.08. The summed E-state index contributed by atoms with van der Waals surface area (Å²) in [6.45, 7) is 0. The van der Waals surface area contributed by atoms with Crippen molar-refractivity contribution in [2.24, 2.45) is 0 Å². The standard InChI is InChI=1S/C13H10ClNO/c14-11-3-1-2-10(8-11)13(16)9-4-6-12(15)7-5-9/h1-8H,15H2. The van der Waals surface area contributed by atoms with Crippen LogP contribution >= 0.6 is 11.6 Å². The van der Waals surface area contributed by atoms with Gasteiger partial charge >= 0.3 is 0 Å². The maximum Gasteiger partial charge on any atom is 0.193 e. The summed E-state index contributed by atoms with van der Waals surface area (Å²) < 4.78 is 0. The molecule has 0 heterocycles. The number of carbonyl (C=O) groups excluding carboxylic acids is 1. The van der Waals surface area contributed by atoms with E-state index in [1.807, 2.05) is 0 Å². The molecule has 0 spiro atoms. The van der Waals surface area contributed by atoms with Gasteiger partial charge in [0.1, 0.15) is 0 Å². The van der Waals surface area contributed by atoms with Crippen LogP contribution in [0.3, 0.4) is 0 Å². The first kappa shape index (κ1) is 10.7. The van der Waals surface area contributed by atoms with Gasteiger partial charge in [-0.25, -0.2) is 0 Å². The number of carbonyl (C=O) groups is 1. The second kappa shape index (κ2) is 4.37. The zero-order valence-electron chi connectivity index (χ0n) is 8.48. The Balaban J connectivity index is 2.35. The highest BCUT2D eigenvalue weighted by Crippen LogP contribution is 2.15. The molecule has 0 radical (unpaired) electrons. The molecule has 0 saturated carbocycles. The van der Waals surface area contributed by atoms with Gasteiger partial charge in [0, 0.05) is 21.8 Å². The number of hydrogen-bond donors (Lipinski definition) is 1. The Kier molecular flexibility index (Phi) is 2.93. The SMILES string of the molecule is Nc1ccc(C(=O)c2cccc(Cl)c2)cc1. The molecule has 0 unspecified atom stereocenters. The van der Waals surface area contributed by atoms with Crippen molar-refractivity contribution in [1.29, 1.82) is 0 Å². The number of benzene rings is 2. The van der Waals surface area contributed by atoms with Crippen LogP contribution in [0.1, 0.15) is 15.9 Å². The lowest BCUT2D eigenvalue weighted by molar-refractivity contribution is 0.103. The number of rotatable bonds is 2. The highest BCUT2D eigenvalue weighted by atomic mass is 35.5. The van der Waals surface area contributed by atoms with Crippen molar-refractivity contribution < 1.29 is 4.79 Å². The molecule has 0 aliphatic heterocycles. The number of nitrogen functional groups attached to an aromatic ring is 1. The van der Waals surface area contributed by atoms with Crippen LogP contribution in [0.25, 0.3) is 0 Å². The minimum absolute atomic E-state index is 0.0532. The lowest BCUT2D eigenvalue weighted by atomic mass is 10.0. The first-order valence-electron chi connectivity index (χ1n) is 4.82. The molecule has 2 N–H and O–H groups in total. The average molecular weight is 232 g/mol. The lowest BCUT2D eigenvalue weighted by Crippen LogP contribution is -2.01. The zero-order chi connectivity index (χ0) is 11.5. The summed E-state index contributed by atoms with van der Waals surface area (Å²) in [5.74, 6) is -0.0532. The van der Waals surface area contributed by atoms with E-state index in [1.54, 1.807) is 48.5 Å². The van der Waals surface area contributed by atoms with Crippen LogP contribution in [0, 0.1) is 0 Å². The van der Waals surface area contributed by atoms with Crippen LogP contribution in [0.4, 0.5) is 5.69 Å². The topological polar surface area (TPSA) is 43.1 Å². The molecule has 2 aromatic carbocycles. The second-order valence-electron chi connectivity index (χ2n) is 3.46. The van der Waals surface area contributed by atoms with E-state index in [4.69, 9.17) is 17.3 Å². The summed E-state index contributed by atoms with van der Waals surface area (Å²) in [5, 5.41) is 0.557. The normalized spacial score (nSPS) is 10.1. The summed E-state index contributed by atoms with van der Waals surface area (Å²) in [4.78, 5) is 12.0. The van der Waals surface area contributed by atoms with E-state index < -0.39 is 0 Å². The third kappa shape index (κ3) is 2.23. The van der Waals surface area contributed by atoms with Crippen molar-refractivity contribution in [2.45, 2.75) is 0 Å². The van der Waals surface area contributed by atoms with Gasteiger partial charge in [-0.15, -0.1) is 0 Å². The minimum Gasteiger partial charge on any atom is -0.399 e. The van der Waals surface area contributed by atoms with Crippen molar-refractivity contribution >= 4 is 23.1 Å². The zero-order valence-corrected chi connectivity index (χ0v) is 9.24. The van der Waals surface area contributed by atoms with Crippen LogP contribution in [0.2, 0.25) is 5.02 Å². The van der Waals surface area contributed by atoms with Crippen LogP contribution in [0.15, 0.2) is 48.5 Å². The van der Waals surface area contributed by atoms with Gasteiger partial charge in [-0.05, 0) is 36.4 Å². The maximum absolute atomic E-state index is 12.0. The maximum atomic E-state index is 12.0. The molecule has 16 heavy (non-hydrogen) atoms. The molecule has 80 valence electrons. The van der Waals surface area contributed by atoms with Crippen LogP contribution in [0.5, 0.6) is 0 Å². The highest BCUT2D eigenvalue weighted by molar-refractivity contribution is 6.31. The molecule has 0 aliphatic rings. The summed E-state index contributed by atoms with van der Waals surface area (Å²) in [5.41, 5.74) is 7.39. The number of hydrogen-bond acceptors (Lipinski definition) is 2. The molecule has 0 aromatic heterocycles. The molecular formula is C13H10ClNO. The molecule has 2 rings (SSSR count). The van der Waals surface area contributed by atoms with E-state index in [-0.39, 0.29) is 5.78 Å². The largest absolute Gasteiger partial charge is 0.399 e. The molecule has 0 atom stereocenters. The summed E-state index contributed by atoms with van der Waals surface area (Å²) in [6, 6.07) is 13.7. The van der Waals surface area contributed by atoms with E-state index in [1.165, 1.54) is 0 Å². The molecule has 2 aromatic rings. The molecular weight excluding hydrogens is 222 g/mol. The van der Waals surface area contributed by atoms with Crippen molar-refractivity contribution in [3.05, 3.63) is 64.7 Å². The second-order valence-corrected chi connectivity index (χ2v) is 3.90.